The van der Waals surface area contributed by atoms with Crippen molar-refractivity contribution in [2.75, 3.05) is 26.3 Å². The molecule has 122 valence electrons. The number of aromatic hydroxyl groups is 1. The monoisotopic (exact) mass is 315 g/mol. The predicted octanol–water partition coefficient (Wildman–Crippen LogP) is 2.13. The van der Waals surface area contributed by atoms with E-state index in [4.69, 9.17) is 9.15 Å². The second-order valence-corrected chi connectivity index (χ2v) is 6.48. The van der Waals surface area contributed by atoms with Crippen LogP contribution in [0.5, 0.6) is 5.75 Å². The minimum atomic E-state index is -0.246. The number of hydrogen-bond acceptors (Lipinski definition) is 5. The van der Waals surface area contributed by atoms with Crippen molar-refractivity contribution >= 4 is 11.0 Å². The Bertz CT molecular complexity index is 818. The van der Waals surface area contributed by atoms with Crippen molar-refractivity contribution in [3.8, 4) is 5.75 Å². The third-order valence-electron chi connectivity index (χ3n) is 5.05. The van der Waals surface area contributed by atoms with Crippen molar-refractivity contribution in [2.24, 2.45) is 0 Å². The molecular weight excluding hydrogens is 294 g/mol. The smallest absolute Gasteiger partial charge is 0.339 e. The number of aryl methyl sites for hydroxylation is 2. The van der Waals surface area contributed by atoms with Gasteiger partial charge in [0.25, 0.3) is 0 Å². The highest BCUT2D eigenvalue weighted by Crippen LogP contribution is 2.37. The maximum absolute atomic E-state index is 12.1. The van der Waals surface area contributed by atoms with Crippen molar-refractivity contribution in [3.63, 3.8) is 0 Å². The van der Waals surface area contributed by atoms with Crippen molar-refractivity contribution in [3.05, 3.63) is 38.7 Å². The van der Waals surface area contributed by atoms with Gasteiger partial charge in [0.05, 0.1) is 18.6 Å². The molecule has 2 aliphatic rings. The highest BCUT2D eigenvalue weighted by Gasteiger charge is 2.24. The number of phenolic OH excluding ortho intramolecular Hbond substituents is 1. The molecule has 1 fully saturated rings. The quantitative estimate of drug-likeness (QED) is 0.860. The van der Waals surface area contributed by atoms with E-state index >= 15 is 0 Å². The first-order valence-corrected chi connectivity index (χ1v) is 8.25. The number of rotatable bonds is 2. The fourth-order valence-electron chi connectivity index (χ4n) is 3.77. The number of hydrogen-bond donors (Lipinski definition) is 1. The number of ether oxygens (including phenoxy) is 1. The van der Waals surface area contributed by atoms with Gasteiger partial charge in [0.1, 0.15) is 11.3 Å². The third kappa shape index (κ3) is 2.44. The molecule has 5 heteroatoms. The SMILES string of the molecule is Cc1cc2oc(=O)c3c(c2c(O)c1CN1CCOCC1)CCC3. The molecule has 1 saturated heterocycles. The minimum absolute atomic E-state index is 0.246. The van der Waals surface area contributed by atoms with Crippen LogP contribution in [0.1, 0.15) is 28.7 Å². The van der Waals surface area contributed by atoms with Crippen LogP contribution in [0.2, 0.25) is 0 Å². The highest BCUT2D eigenvalue weighted by molar-refractivity contribution is 5.90. The highest BCUT2D eigenvalue weighted by atomic mass is 16.5. The summed E-state index contributed by atoms with van der Waals surface area (Å²) in [6.07, 6.45) is 2.54. The predicted molar refractivity (Wildman–Crippen MR) is 87.0 cm³/mol. The van der Waals surface area contributed by atoms with Crippen molar-refractivity contribution in [1.29, 1.82) is 0 Å². The molecule has 2 aromatic rings. The molecule has 1 aromatic carbocycles. The Labute approximate surface area is 134 Å². The van der Waals surface area contributed by atoms with E-state index in [0.29, 0.717) is 12.1 Å². The summed E-state index contributed by atoms with van der Waals surface area (Å²) in [7, 11) is 0. The van der Waals surface area contributed by atoms with Crippen molar-refractivity contribution in [2.45, 2.75) is 32.7 Å². The Kier molecular flexibility index (Phi) is 3.62. The summed E-state index contributed by atoms with van der Waals surface area (Å²) < 4.78 is 10.8. The van der Waals surface area contributed by atoms with Crippen molar-refractivity contribution in [1.82, 2.24) is 4.90 Å². The van der Waals surface area contributed by atoms with Gasteiger partial charge in [-0.3, -0.25) is 4.90 Å². The van der Waals surface area contributed by atoms with Gasteiger partial charge >= 0.3 is 5.63 Å². The average molecular weight is 315 g/mol. The first-order valence-electron chi connectivity index (χ1n) is 8.25. The third-order valence-corrected chi connectivity index (χ3v) is 5.05. The lowest BCUT2D eigenvalue weighted by atomic mass is 9.98. The fraction of sp³-hybridized carbons (Fsp3) is 0.500. The minimum Gasteiger partial charge on any atom is -0.507 e. The van der Waals surface area contributed by atoms with Gasteiger partial charge in [0.2, 0.25) is 0 Å². The molecule has 23 heavy (non-hydrogen) atoms. The molecule has 0 unspecified atom stereocenters. The van der Waals surface area contributed by atoms with E-state index in [1.807, 2.05) is 13.0 Å². The van der Waals surface area contributed by atoms with Crippen LogP contribution < -0.4 is 5.63 Å². The van der Waals surface area contributed by atoms with E-state index in [2.05, 4.69) is 4.90 Å². The van der Waals surface area contributed by atoms with Gasteiger partial charge in [0.15, 0.2) is 0 Å². The zero-order chi connectivity index (χ0) is 16.0. The normalized spacial score (nSPS) is 18.5. The lowest BCUT2D eigenvalue weighted by Gasteiger charge is -2.27. The van der Waals surface area contributed by atoms with Crippen LogP contribution in [0, 0.1) is 6.92 Å². The summed E-state index contributed by atoms with van der Waals surface area (Å²) in [5.74, 6) is 0.286. The van der Waals surface area contributed by atoms with Crippen LogP contribution in [0.25, 0.3) is 11.0 Å². The van der Waals surface area contributed by atoms with Gasteiger partial charge in [-0.25, -0.2) is 4.79 Å². The Morgan fingerprint density at radius 2 is 1.96 bits per heavy atom. The fourth-order valence-corrected chi connectivity index (χ4v) is 3.77. The maximum Gasteiger partial charge on any atom is 0.339 e. The number of fused-ring (bicyclic) bond motifs is 3. The zero-order valence-electron chi connectivity index (χ0n) is 13.4. The van der Waals surface area contributed by atoms with Crippen LogP contribution in [-0.4, -0.2) is 36.3 Å². The van der Waals surface area contributed by atoms with Crippen LogP contribution in [0.3, 0.4) is 0 Å². The van der Waals surface area contributed by atoms with E-state index < -0.39 is 0 Å². The van der Waals surface area contributed by atoms with E-state index in [-0.39, 0.29) is 11.4 Å². The number of benzene rings is 1. The summed E-state index contributed by atoms with van der Waals surface area (Å²) in [4.78, 5) is 14.4. The average Bonchev–Trinajstić information content (AvgIpc) is 3.02. The Morgan fingerprint density at radius 3 is 2.74 bits per heavy atom. The Balaban J connectivity index is 1.85. The lowest BCUT2D eigenvalue weighted by Crippen LogP contribution is -2.35. The second kappa shape index (κ2) is 5.65. The van der Waals surface area contributed by atoms with Crippen LogP contribution in [-0.2, 0) is 24.1 Å². The van der Waals surface area contributed by atoms with Crippen LogP contribution >= 0.6 is 0 Å². The largest absolute Gasteiger partial charge is 0.507 e. The maximum atomic E-state index is 12.1. The van der Waals surface area contributed by atoms with Gasteiger partial charge in [-0.15, -0.1) is 0 Å². The van der Waals surface area contributed by atoms with Gasteiger partial charge < -0.3 is 14.3 Å². The molecular formula is C18H21NO4. The lowest BCUT2D eigenvalue weighted by molar-refractivity contribution is 0.0338. The summed E-state index contributed by atoms with van der Waals surface area (Å²) in [6, 6.07) is 1.89. The van der Waals surface area contributed by atoms with Crippen molar-refractivity contribution < 1.29 is 14.3 Å². The molecule has 0 atom stereocenters. The van der Waals surface area contributed by atoms with Gasteiger partial charge in [-0.05, 0) is 43.4 Å². The van der Waals surface area contributed by atoms with E-state index in [1.165, 1.54) is 0 Å². The Morgan fingerprint density at radius 1 is 1.22 bits per heavy atom. The molecule has 0 saturated carbocycles. The summed E-state index contributed by atoms with van der Waals surface area (Å²) in [5.41, 5.74) is 3.89. The van der Waals surface area contributed by atoms with E-state index in [0.717, 1.165) is 73.2 Å². The topological polar surface area (TPSA) is 62.9 Å². The molecule has 1 aliphatic heterocycles. The second-order valence-electron chi connectivity index (χ2n) is 6.48. The first-order chi connectivity index (χ1) is 11.1. The molecule has 1 aromatic heterocycles. The zero-order valence-corrected chi connectivity index (χ0v) is 13.4. The molecule has 2 heterocycles. The molecule has 4 rings (SSSR count). The molecule has 0 amide bonds. The number of nitrogens with zero attached hydrogens (tertiary/aromatic N) is 1. The van der Waals surface area contributed by atoms with E-state index in [9.17, 15) is 9.90 Å². The standard InChI is InChI=1S/C18H21NO4/c1-11-9-15-16(12-3-2-4-13(12)18(21)23-15)17(20)14(11)10-19-5-7-22-8-6-19/h9,20H,2-8,10H2,1H3. The molecule has 0 bridgehead atoms. The van der Waals surface area contributed by atoms with Gasteiger partial charge in [-0.2, -0.15) is 0 Å². The molecule has 5 nitrogen and oxygen atoms in total. The summed E-state index contributed by atoms with van der Waals surface area (Å²) in [5, 5.41) is 11.6. The van der Waals surface area contributed by atoms with Gasteiger partial charge in [0, 0.05) is 30.8 Å². The first kappa shape index (κ1) is 14.7. The van der Waals surface area contributed by atoms with E-state index in [1.54, 1.807) is 0 Å². The molecule has 0 spiro atoms. The molecule has 1 N–H and O–H groups in total. The van der Waals surface area contributed by atoms with Gasteiger partial charge in [-0.1, -0.05) is 0 Å². The Hall–Kier alpha value is -1.85. The molecule has 1 aliphatic carbocycles. The summed E-state index contributed by atoms with van der Waals surface area (Å²) in [6.45, 7) is 5.88. The van der Waals surface area contributed by atoms with Crippen LogP contribution in [0.4, 0.5) is 0 Å². The number of phenols is 1. The number of morpholine rings is 1. The summed E-state index contributed by atoms with van der Waals surface area (Å²) >= 11 is 0. The molecule has 0 radical (unpaired) electrons. The van der Waals surface area contributed by atoms with Crippen LogP contribution in [0.15, 0.2) is 15.3 Å².